The van der Waals surface area contributed by atoms with Gasteiger partial charge in [-0.05, 0) is 44.9 Å². The number of hydrogen-bond acceptors (Lipinski definition) is 3. The maximum absolute atomic E-state index is 8.66. The molecule has 286 valence electrons. The summed E-state index contributed by atoms with van der Waals surface area (Å²) in [7, 11) is 0. The quantitative estimate of drug-likeness (QED) is 0.0456. The molecule has 0 atom stereocenters. The normalized spacial score (nSPS) is 11.0. The molecule has 3 heteroatoms. The molecule has 0 fully saturated rings. The lowest BCUT2D eigenvalue weighted by molar-refractivity contribution is 0.282. The first-order valence-electron chi connectivity index (χ1n) is 21.7. The van der Waals surface area contributed by atoms with E-state index in [0.717, 1.165) is 19.3 Å². The minimum absolute atomic E-state index is 0.362. The van der Waals surface area contributed by atoms with Gasteiger partial charge in [-0.1, -0.05) is 219 Å². The van der Waals surface area contributed by atoms with Crippen LogP contribution in [-0.4, -0.2) is 35.1 Å². The van der Waals surface area contributed by atoms with Crippen molar-refractivity contribution in [3.63, 3.8) is 0 Å². The van der Waals surface area contributed by atoms with Gasteiger partial charge in [0.05, 0.1) is 0 Å². The molecule has 0 aromatic carbocycles. The summed E-state index contributed by atoms with van der Waals surface area (Å²) < 4.78 is 0. The van der Waals surface area contributed by atoms with Crippen LogP contribution < -0.4 is 0 Å². The maximum Gasteiger partial charge on any atom is 0.0431 e. The van der Waals surface area contributed by atoms with Gasteiger partial charge in [0.25, 0.3) is 0 Å². The van der Waals surface area contributed by atoms with Crippen LogP contribution in [0.15, 0.2) is 12.2 Å². The average Bonchev–Trinajstić information content (AvgIpc) is 3.09. The van der Waals surface area contributed by atoms with Crippen molar-refractivity contribution in [3.05, 3.63) is 12.2 Å². The molecule has 0 aromatic rings. The summed E-state index contributed by atoms with van der Waals surface area (Å²) in [4.78, 5) is 0. The number of rotatable bonds is 37. The molecule has 0 bridgehead atoms. The van der Waals surface area contributed by atoms with E-state index in [9.17, 15) is 0 Å². The minimum atomic E-state index is 0.362. The molecule has 47 heavy (non-hydrogen) atoms. The van der Waals surface area contributed by atoms with E-state index in [4.69, 9.17) is 15.3 Å². The van der Waals surface area contributed by atoms with Crippen molar-refractivity contribution in [2.24, 2.45) is 0 Å². The van der Waals surface area contributed by atoms with Crippen molar-refractivity contribution in [1.29, 1.82) is 0 Å². The molecule has 0 radical (unpaired) electrons. The third-order valence-electron chi connectivity index (χ3n) is 9.19. The lowest BCUT2D eigenvalue weighted by Crippen LogP contribution is -1.84. The molecule has 3 N–H and O–H groups in total. The molecular formula is C44H92O3. The Morgan fingerprint density at radius 3 is 0.596 bits per heavy atom. The highest BCUT2D eigenvalue weighted by Gasteiger charge is 1.94. The zero-order valence-electron chi connectivity index (χ0n) is 33.1. The van der Waals surface area contributed by atoms with E-state index < -0.39 is 0 Å². The molecule has 3 nitrogen and oxygen atoms in total. The minimum Gasteiger partial charge on any atom is -0.396 e. The molecule has 0 aliphatic rings. The summed E-state index contributed by atoms with van der Waals surface area (Å²) in [5, 5.41) is 25.8. The van der Waals surface area contributed by atoms with Crippen LogP contribution in [0, 0.1) is 0 Å². The van der Waals surface area contributed by atoms with Gasteiger partial charge in [0, 0.05) is 19.8 Å². The van der Waals surface area contributed by atoms with Gasteiger partial charge in [0.1, 0.15) is 0 Å². The van der Waals surface area contributed by atoms with E-state index in [1.165, 1.54) is 212 Å². The van der Waals surface area contributed by atoms with Crippen molar-refractivity contribution in [2.45, 2.75) is 252 Å². The highest BCUT2D eigenvalue weighted by Crippen LogP contribution is 2.13. The van der Waals surface area contributed by atoms with Crippen LogP contribution in [-0.2, 0) is 0 Å². The first kappa shape index (κ1) is 51.0. The summed E-state index contributed by atoms with van der Waals surface area (Å²) in [6.45, 7) is 7.91. The summed E-state index contributed by atoms with van der Waals surface area (Å²) in [5.74, 6) is 0. The molecule has 0 saturated heterocycles. The molecule has 0 spiro atoms. The van der Waals surface area contributed by atoms with Crippen LogP contribution in [0.4, 0.5) is 0 Å². The molecule has 0 aliphatic heterocycles. The number of allylic oxidation sites excluding steroid dienone is 2. The van der Waals surface area contributed by atoms with Crippen molar-refractivity contribution >= 4 is 0 Å². The van der Waals surface area contributed by atoms with Crippen molar-refractivity contribution < 1.29 is 15.3 Å². The van der Waals surface area contributed by atoms with Gasteiger partial charge in [-0.2, -0.15) is 0 Å². The summed E-state index contributed by atoms with van der Waals surface area (Å²) in [6, 6.07) is 0. The lowest BCUT2D eigenvalue weighted by Gasteiger charge is -2.01. The largest absolute Gasteiger partial charge is 0.396 e. The fourth-order valence-corrected chi connectivity index (χ4v) is 5.91. The van der Waals surface area contributed by atoms with Gasteiger partial charge < -0.3 is 15.3 Å². The Morgan fingerprint density at radius 2 is 0.404 bits per heavy atom. The van der Waals surface area contributed by atoms with Crippen molar-refractivity contribution in [3.8, 4) is 0 Å². The molecule has 0 rings (SSSR count). The first-order chi connectivity index (χ1) is 23.2. The smallest absolute Gasteiger partial charge is 0.0431 e. The Hall–Kier alpha value is -0.380. The SMILES string of the molecule is CCCCCCCCC=CCCCCCCCCO.CCCCCCCCCCCCCCO.CCCCCCCCCCCCO. The summed E-state index contributed by atoms with van der Waals surface area (Å²) in [6.07, 6.45) is 52.8. The van der Waals surface area contributed by atoms with E-state index in [-0.39, 0.29) is 0 Å². The van der Waals surface area contributed by atoms with Crippen LogP contribution in [0.25, 0.3) is 0 Å². The number of aliphatic hydroxyl groups is 3. The molecule has 0 unspecified atom stereocenters. The van der Waals surface area contributed by atoms with Crippen molar-refractivity contribution in [2.75, 3.05) is 19.8 Å². The Morgan fingerprint density at radius 1 is 0.234 bits per heavy atom. The molecule has 0 aromatic heterocycles. The van der Waals surface area contributed by atoms with Gasteiger partial charge in [0.2, 0.25) is 0 Å². The molecule has 0 saturated carbocycles. The van der Waals surface area contributed by atoms with Crippen LogP contribution in [0.3, 0.4) is 0 Å². The average molecular weight is 669 g/mol. The highest BCUT2D eigenvalue weighted by atomic mass is 16.3. The van der Waals surface area contributed by atoms with E-state index in [1.807, 2.05) is 0 Å². The summed E-state index contributed by atoms with van der Waals surface area (Å²) in [5.41, 5.74) is 0. The van der Waals surface area contributed by atoms with Gasteiger partial charge >= 0.3 is 0 Å². The maximum atomic E-state index is 8.66. The molecule has 0 aliphatic carbocycles. The van der Waals surface area contributed by atoms with Crippen LogP contribution in [0.1, 0.15) is 252 Å². The van der Waals surface area contributed by atoms with E-state index in [1.54, 1.807) is 0 Å². The van der Waals surface area contributed by atoms with Crippen LogP contribution in [0.5, 0.6) is 0 Å². The Bertz CT molecular complexity index is 471. The van der Waals surface area contributed by atoms with E-state index >= 15 is 0 Å². The predicted octanol–water partition coefficient (Wildman–Crippen LogP) is 14.6. The van der Waals surface area contributed by atoms with Crippen LogP contribution in [0.2, 0.25) is 0 Å². The third kappa shape index (κ3) is 61.3. The number of aliphatic hydroxyl groups excluding tert-OH is 3. The van der Waals surface area contributed by atoms with Crippen LogP contribution >= 0.6 is 0 Å². The van der Waals surface area contributed by atoms with Gasteiger partial charge in [0.15, 0.2) is 0 Å². The zero-order chi connectivity index (χ0) is 35.0. The second-order valence-corrected chi connectivity index (χ2v) is 14.2. The lowest BCUT2D eigenvalue weighted by atomic mass is 10.1. The Kier molecular flexibility index (Phi) is 59.7. The highest BCUT2D eigenvalue weighted by molar-refractivity contribution is 4.81. The van der Waals surface area contributed by atoms with Crippen molar-refractivity contribution in [1.82, 2.24) is 0 Å². The second-order valence-electron chi connectivity index (χ2n) is 14.2. The molecular weight excluding hydrogens is 576 g/mol. The first-order valence-corrected chi connectivity index (χ1v) is 21.7. The molecule has 0 heterocycles. The van der Waals surface area contributed by atoms with Gasteiger partial charge in [-0.15, -0.1) is 0 Å². The Labute approximate surface area is 298 Å². The second kappa shape index (κ2) is 55.0. The van der Waals surface area contributed by atoms with Gasteiger partial charge in [-0.3, -0.25) is 0 Å². The topological polar surface area (TPSA) is 60.7 Å². The monoisotopic (exact) mass is 669 g/mol. The third-order valence-corrected chi connectivity index (χ3v) is 9.19. The fourth-order valence-electron chi connectivity index (χ4n) is 5.91. The fraction of sp³-hybridized carbons (Fsp3) is 0.955. The standard InChI is InChI=1S/C18H36O.C14H30O.C12H26O/c1-2-3-4-5-6-7-8-9-10-11-12-13-14-15-16-17-18-19;1-2-3-4-5-6-7-8-9-10-11-12-13-14-15;1-2-3-4-5-6-7-8-9-10-11-12-13/h9-10,19H,2-8,11-18H2,1H3;15H,2-14H2,1H3;13H,2-12H2,1H3. The van der Waals surface area contributed by atoms with E-state index in [0.29, 0.717) is 19.8 Å². The summed E-state index contributed by atoms with van der Waals surface area (Å²) >= 11 is 0. The zero-order valence-corrected chi connectivity index (χ0v) is 33.1. The predicted molar refractivity (Wildman–Crippen MR) is 214 cm³/mol. The number of hydrogen-bond donors (Lipinski definition) is 3. The number of unbranched alkanes of at least 4 members (excludes halogenated alkanes) is 32. The van der Waals surface area contributed by atoms with E-state index in [2.05, 4.69) is 32.9 Å². The Balaban J connectivity index is -0.000000631. The molecule has 0 amide bonds. The van der Waals surface area contributed by atoms with Gasteiger partial charge in [-0.25, -0.2) is 0 Å².